The Kier molecular flexibility index (Phi) is 7.09. The Bertz CT molecular complexity index is 971. The minimum absolute atomic E-state index is 0.0651. The van der Waals surface area contributed by atoms with Gasteiger partial charge in [0, 0.05) is 44.1 Å². The van der Waals surface area contributed by atoms with Crippen LogP contribution in [0.25, 0.3) is 0 Å². The van der Waals surface area contributed by atoms with Gasteiger partial charge in [-0.15, -0.1) is 0 Å². The largest absolute Gasteiger partial charge is 0.377 e. The average molecular weight is 424 g/mol. The Labute approximate surface area is 172 Å². The molecule has 6 nitrogen and oxygen atoms in total. The summed E-state index contributed by atoms with van der Waals surface area (Å²) in [6, 6.07) is 9.88. The smallest absolute Gasteiger partial charge is 0.255 e. The van der Waals surface area contributed by atoms with Gasteiger partial charge in [-0.2, -0.15) is 4.31 Å². The van der Waals surface area contributed by atoms with Crippen LogP contribution in [0.1, 0.15) is 29.8 Å². The van der Waals surface area contributed by atoms with Crippen molar-refractivity contribution in [1.82, 2.24) is 4.31 Å². The van der Waals surface area contributed by atoms with Gasteiger partial charge in [0.2, 0.25) is 10.0 Å². The topological polar surface area (TPSA) is 69.7 Å². The Hall–Kier alpha value is -2.09. The van der Waals surface area contributed by atoms with E-state index in [9.17, 15) is 13.2 Å². The van der Waals surface area contributed by atoms with E-state index in [0.717, 1.165) is 11.3 Å². The Balaban J connectivity index is 2.34. The first-order valence-electron chi connectivity index (χ1n) is 9.00. The van der Waals surface area contributed by atoms with Crippen LogP contribution in [0.2, 0.25) is 5.02 Å². The molecule has 0 aliphatic heterocycles. The highest BCUT2D eigenvalue weighted by atomic mass is 35.5. The van der Waals surface area contributed by atoms with Gasteiger partial charge in [-0.05, 0) is 48.9 Å². The zero-order valence-corrected chi connectivity index (χ0v) is 18.4. The number of hydrogen-bond acceptors (Lipinski definition) is 4. The highest BCUT2D eigenvalue weighted by Gasteiger charge is 2.25. The van der Waals surface area contributed by atoms with Crippen LogP contribution in [0.5, 0.6) is 0 Å². The van der Waals surface area contributed by atoms with Crippen molar-refractivity contribution in [2.75, 3.05) is 37.4 Å². The number of nitrogens with one attached hydrogen (secondary N) is 1. The first kappa shape index (κ1) is 22.2. The quantitative estimate of drug-likeness (QED) is 0.730. The third-order valence-electron chi connectivity index (χ3n) is 4.45. The molecule has 1 N–H and O–H groups in total. The predicted molar refractivity (Wildman–Crippen MR) is 115 cm³/mol. The van der Waals surface area contributed by atoms with Gasteiger partial charge in [0.05, 0.1) is 5.02 Å². The van der Waals surface area contributed by atoms with Gasteiger partial charge in [0.1, 0.15) is 4.90 Å². The molecule has 2 aromatic carbocycles. The third-order valence-corrected chi connectivity index (χ3v) is 6.98. The monoisotopic (exact) mass is 423 g/mol. The zero-order valence-electron chi connectivity index (χ0n) is 16.8. The second-order valence-corrected chi connectivity index (χ2v) is 8.90. The Morgan fingerprint density at radius 3 is 2.25 bits per heavy atom. The molecule has 2 aromatic rings. The van der Waals surface area contributed by atoms with E-state index >= 15 is 0 Å². The van der Waals surface area contributed by atoms with E-state index in [1.165, 1.54) is 22.5 Å². The average Bonchev–Trinajstić information content (AvgIpc) is 2.62. The van der Waals surface area contributed by atoms with Gasteiger partial charge < -0.3 is 10.2 Å². The molecule has 2 rings (SSSR count). The van der Waals surface area contributed by atoms with Crippen molar-refractivity contribution in [1.29, 1.82) is 0 Å². The molecule has 0 saturated heterocycles. The van der Waals surface area contributed by atoms with Crippen LogP contribution in [0, 0.1) is 6.92 Å². The second kappa shape index (κ2) is 8.94. The highest BCUT2D eigenvalue weighted by molar-refractivity contribution is 7.89. The maximum Gasteiger partial charge on any atom is 0.255 e. The predicted octanol–water partition coefficient (Wildman–Crippen LogP) is 4.00. The summed E-state index contributed by atoms with van der Waals surface area (Å²) in [5, 5.41) is 2.90. The molecule has 0 aliphatic rings. The van der Waals surface area contributed by atoms with Crippen molar-refractivity contribution in [3.63, 3.8) is 0 Å². The molecule has 152 valence electrons. The van der Waals surface area contributed by atoms with Crippen LogP contribution in [0.4, 0.5) is 11.4 Å². The molecule has 0 atom stereocenters. The summed E-state index contributed by atoms with van der Waals surface area (Å²) in [6.45, 7) is 6.12. The Morgan fingerprint density at radius 1 is 1.07 bits per heavy atom. The number of anilines is 2. The summed E-state index contributed by atoms with van der Waals surface area (Å²) >= 11 is 6.13. The van der Waals surface area contributed by atoms with Crippen molar-refractivity contribution in [3.05, 3.63) is 52.5 Å². The number of amides is 1. The first-order chi connectivity index (χ1) is 13.1. The van der Waals surface area contributed by atoms with E-state index in [2.05, 4.69) is 5.32 Å². The summed E-state index contributed by atoms with van der Waals surface area (Å²) in [5.41, 5.74) is 2.93. The molecule has 0 saturated carbocycles. The third kappa shape index (κ3) is 4.66. The molecule has 0 spiro atoms. The molecule has 1 amide bonds. The fourth-order valence-electron chi connectivity index (χ4n) is 2.98. The van der Waals surface area contributed by atoms with Gasteiger partial charge in [-0.1, -0.05) is 25.4 Å². The number of sulfonamides is 1. The van der Waals surface area contributed by atoms with E-state index < -0.39 is 15.9 Å². The number of hydrogen-bond donors (Lipinski definition) is 1. The number of rotatable bonds is 7. The molecule has 0 fully saturated rings. The van der Waals surface area contributed by atoms with Gasteiger partial charge in [0.15, 0.2) is 0 Å². The van der Waals surface area contributed by atoms with Gasteiger partial charge in [0.25, 0.3) is 5.91 Å². The van der Waals surface area contributed by atoms with Crippen LogP contribution in [0.15, 0.2) is 41.3 Å². The minimum Gasteiger partial charge on any atom is -0.377 e. The fraction of sp³-hybridized carbons (Fsp3) is 0.350. The molecule has 0 aliphatic carbocycles. The lowest BCUT2D eigenvalue weighted by atomic mass is 10.1. The standard InChI is InChI=1S/C20H26ClN3O3S/c1-6-24(7-2)28(26,27)19-13-15(8-10-17(19)21)20(25)22-16-9-11-18(23(4)5)14(3)12-16/h8-13H,6-7H2,1-5H3,(H,22,25). The molecule has 0 radical (unpaired) electrons. The Morgan fingerprint density at radius 2 is 1.71 bits per heavy atom. The summed E-state index contributed by atoms with van der Waals surface area (Å²) in [4.78, 5) is 14.6. The maximum absolute atomic E-state index is 12.8. The number of benzene rings is 2. The SMILES string of the molecule is CCN(CC)S(=O)(=O)c1cc(C(=O)Nc2ccc(N(C)C)c(C)c2)ccc1Cl. The molecule has 0 bridgehead atoms. The van der Waals surface area contributed by atoms with E-state index in [1.54, 1.807) is 13.8 Å². The van der Waals surface area contributed by atoms with Crippen molar-refractivity contribution < 1.29 is 13.2 Å². The summed E-state index contributed by atoms with van der Waals surface area (Å²) in [7, 11) is 0.134. The normalized spacial score (nSPS) is 11.5. The minimum atomic E-state index is -3.77. The van der Waals surface area contributed by atoms with Crippen molar-refractivity contribution >= 4 is 38.9 Å². The molecule has 0 aromatic heterocycles. The molecule has 0 unspecified atom stereocenters. The molecule has 0 heterocycles. The van der Waals surface area contributed by atoms with Crippen molar-refractivity contribution in [3.8, 4) is 0 Å². The summed E-state index contributed by atoms with van der Waals surface area (Å²) < 4.78 is 26.9. The van der Waals surface area contributed by atoms with Gasteiger partial charge in [-0.25, -0.2) is 8.42 Å². The van der Waals surface area contributed by atoms with Gasteiger partial charge in [-0.3, -0.25) is 4.79 Å². The second-order valence-electron chi connectivity index (χ2n) is 6.58. The van der Waals surface area contributed by atoms with E-state index in [1.807, 2.05) is 44.1 Å². The molecular formula is C20H26ClN3O3S. The number of nitrogens with zero attached hydrogens (tertiary/aromatic N) is 2. The van der Waals surface area contributed by atoms with E-state index in [4.69, 9.17) is 11.6 Å². The van der Waals surface area contributed by atoms with Gasteiger partial charge >= 0.3 is 0 Å². The van der Waals surface area contributed by atoms with E-state index in [-0.39, 0.29) is 15.5 Å². The maximum atomic E-state index is 12.8. The fourth-order valence-corrected chi connectivity index (χ4v) is 4.94. The number of carbonyl (C=O) groups excluding carboxylic acids is 1. The van der Waals surface area contributed by atoms with Crippen LogP contribution < -0.4 is 10.2 Å². The number of halogens is 1. The summed E-state index contributed by atoms with van der Waals surface area (Å²) in [5.74, 6) is -0.398. The first-order valence-corrected chi connectivity index (χ1v) is 10.8. The highest BCUT2D eigenvalue weighted by Crippen LogP contribution is 2.27. The van der Waals surface area contributed by atoms with Crippen molar-refractivity contribution in [2.45, 2.75) is 25.7 Å². The van der Waals surface area contributed by atoms with Crippen LogP contribution >= 0.6 is 11.6 Å². The summed E-state index contributed by atoms with van der Waals surface area (Å²) in [6.07, 6.45) is 0. The lowest BCUT2D eigenvalue weighted by Gasteiger charge is -2.19. The van der Waals surface area contributed by atoms with E-state index in [0.29, 0.717) is 18.8 Å². The van der Waals surface area contributed by atoms with Crippen LogP contribution in [-0.4, -0.2) is 45.8 Å². The van der Waals surface area contributed by atoms with Crippen molar-refractivity contribution in [2.24, 2.45) is 0 Å². The van der Waals surface area contributed by atoms with Crippen LogP contribution in [-0.2, 0) is 10.0 Å². The number of aryl methyl sites for hydroxylation is 1. The lowest BCUT2D eigenvalue weighted by Crippen LogP contribution is -2.31. The molecule has 8 heteroatoms. The molecule has 28 heavy (non-hydrogen) atoms. The number of carbonyl (C=O) groups is 1. The lowest BCUT2D eigenvalue weighted by molar-refractivity contribution is 0.102. The van der Waals surface area contributed by atoms with Crippen LogP contribution in [0.3, 0.4) is 0 Å². The zero-order chi connectivity index (χ0) is 21.1. The molecular weight excluding hydrogens is 398 g/mol.